The molecule has 2 aromatic carbocycles. The molecule has 33 heavy (non-hydrogen) atoms. The summed E-state index contributed by atoms with van der Waals surface area (Å²) >= 11 is 0. The molecule has 2 heterocycles. The van der Waals surface area contributed by atoms with Crippen LogP contribution in [0.2, 0.25) is 0 Å². The first kappa shape index (κ1) is 22.8. The van der Waals surface area contributed by atoms with Crippen LogP contribution in [-0.4, -0.2) is 59.7 Å². The summed E-state index contributed by atoms with van der Waals surface area (Å²) in [4.78, 5) is 32.2. The van der Waals surface area contributed by atoms with Crippen molar-refractivity contribution in [2.75, 3.05) is 32.6 Å². The maximum Gasteiger partial charge on any atom is 0.256 e. The second kappa shape index (κ2) is 9.62. The molecule has 0 bridgehead atoms. The second-order valence-electron chi connectivity index (χ2n) is 8.24. The molecule has 8 heteroatoms. The van der Waals surface area contributed by atoms with Crippen LogP contribution in [0.5, 0.6) is 5.75 Å². The summed E-state index contributed by atoms with van der Waals surface area (Å²) in [6, 6.07) is 11.3. The average Bonchev–Trinajstić information content (AvgIpc) is 3.21. The van der Waals surface area contributed by atoms with Crippen molar-refractivity contribution in [3.63, 3.8) is 0 Å². The minimum atomic E-state index is -0.201. The number of piperidine rings is 1. The number of nitrogens with one attached hydrogen (secondary N) is 1. The van der Waals surface area contributed by atoms with E-state index in [0.717, 1.165) is 35.5 Å². The molecule has 8 nitrogen and oxygen atoms in total. The van der Waals surface area contributed by atoms with Crippen molar-refractivity contribution in [2.24, 2.45) is 0 Å². The molecule has 0 saturated carbocycles. The molecule has 2 amide bonds. The lowest BCUT2D eigenvalue weighted by atomic mass is 10.0. The van der Waals surface area contributed by atoms with Gasteiger partial charge in [0.1, 0.15) is 11.6 Å². The van der Waals surface area contributed by atoms with Crippen LogP contribution in [0, 0.1) is 0 Å². The molecular weight excluding hydrogens is 420 g/mol. The third-order valence-electron chi connectivity index (χ3n) is 6.04. The van der Waals surface area contributed by atoms with E-state index in [4.69, 9.17) is 14.5 Å². The average molecular weight is 451 g/mol. The van der Waals surface area contributed by atoms with E-state index in [1.165, 1.54) is 6.92 Å². The zero-order chi connectivity index (χ0) is 23.5. The lowest BCUT2D eigenvalue weighted by Gasteiger charge is -2.32. The zero-order valence-electron chi connectivity index (χ0n) is 19.6. The van der Waals surface area contributed by atoms with Crippen LogP contribution in [0.1, 0.15) is 37.0 Å². The number of rotatable bonds is 6. The number of ether oxygens (including phenoxy) is 2. The van der Waals surface area contributed by atoms with Crippen molar-refractivity contribution in [2.45, 2.75) is 39.3 Å². The van der Waals surface area contributed by atoms with Gasteiger partial charge in [0.2, 0.25) is 5.91 Å². The molecule has 1 aliphatic heterocycles. The number of anilines is 1. The predicted molar refractivity (Wildman–Crippen MR) is 128 cm³/mol. The van der Waals surface area contributed by atoms with Gasteiger partial charge in [0.15, 0.2) is 0 Å². The molecule has 3 aromatic rings. The van der Waals surface area contributed by atoms with Gasteiger partial charge in [-0.3, -0.25) is 9.59 Å². The maximum atomic E-state index is 13.7. The van der Waals surface area contributed by atoms with Crippen molar-refractivity contribution in [3.8, 4) is 17.1 Å². The molecule has 1 fully saturated rings. The molecule has 1 unspecified atom stereocenters. The first-order chi connectivity index (χ1) is 15.9. The van der Waals surface area contributed by atoms with E-state index in [2.05, 4.69) is 5.32 Å². The molecule has 0 radical (unpaired) electrons. The molecule has 1 aromatic heterocycles. The number of aryl methyl sites for hydroxylation is 1. The van der Waals surface area contributed by atoms with Crippen molar-refractivity contribution < 1.29 is 19.1 Å². The molecule has 1 saturated heterocycles. The fourth-order valence-electron chi connectivity index (χ4n) is 4.48. The first-order valence-corrected chi connectivity index (χ1v) is 11.2. The number of aromatic nitrogens is 2. The van der Waals surface area contributed by atoms with Gasteiger partial charge in [-0.1, -0.05) is 12.1 Å². The third kappa shape index (κ3) is 4.57. The van der Waals surface area contributed by atoms with Crippen LogP contribution in [0.25, 0.3) is 22.4 Å². The number of methoxy groups -OCH3 is 2. The Labute approximate surface area is 193 Å². The lowest BCUT2D eigenvalue weighted by Crippen LogP contribution is -2.43. The molecule has 1 atom stereocenters. The van der Waals surface area contributed by atoms with E-state index in [0.29, 0.717) is 36.4 Å². The number of likely N-dealkylation sites (tertiary alicyclic amines) is 1. The van der Waals surface area contributed by atoms with Crippen LogP contribution in [0.4, 0.5) is 5.69 Å². The van der Waals surface area contributed by atoms with Crippen molar-refractivity contribution in [3.05, 3.63) is 42.0 Å². The Hall–Kier alpha value is -3.39. The standard InChI is InChI=1S/C25H30N4O4/c1-5-29-23-21(25(31)28-11-7-10-20(15-28)33-4)13-18(26-16(2)30)14-22(23)27-24(29)17-8-6-9-19(12-17)32-3/h6,8-9,12-14,20H,5,7,10-11,15H2,1-4H3,(H,26,30). The van der Waals surface area contributed by atoms with Crippen LogP contribution >= 0.6 is 0 Å². The minimum absolute atomic E-state index is 0.0279. The Morgan fingerprint density at radius 2 is 2.03 bits per heavy atom. The van der Waals surface area contributed by atoms with Gasteiger partial charge >= 0.3 is 0 Å². The van der Waals surface area contributed by atoms with Gasteiger partial charge in [0.05, 0.1) is 29.8 Å². The summed E-state index contributed by atoms with van der Waals surface area (Å²) in [6.07, 6.45) is 1.86. The number of hydrogen-bond acceptors (Lipinski definition) is 5. The summed E-state index contributed by atoms with van der Waals surface area (Å²) in [6.45, 7) is 5.33. The highest BCUT2D eigenvalue weighted by molar-refractivity contribution is 6.08. The highest BCUT2D eigenvalue weighted by Crippen LogP contribution is 2.32. The number of hydrogen-bond donors (Lipinski definition) is 1. The first-order valence-electron chi connectivity index (χ1n) is 11.2. The highest BCUT2D eigenvalue weighted by Gasteiger charge is 2.28. The van der Waals surface area contributed by atoms with E-state index in [1.807, 2.05) is 46.7 Å². The Morgan fingerprint density at radius 1 is 1.21 bits per heavy atom. The van der Waals surface area contributed by atoms with Gasteiger partial charge in [-0.25, -0.2) is 4.98 Å². The fourth-order valence-corrected chi connectivity index (χ4v) is 4.48. The molecular formula is C25H30N4O4. The Kier molecular flexibility index (Phi) is 6.65. The maximum absolute atomic E-state index is 13.7. The normalized spacial score (nSPS) is 16.1. The summed E-state index contributed by atoms with van der Waals surface area (Å²) < 4.78 is 13.0. The van der Waals surface area contributed by atoms with Gasteiger partial charge in [-0.2, -0.15) is 0 Å². The number of nitrogens with zero attached hydrogens (tertiary/aromatic N) is 3. The van der Waals surface area contributed by atoms with E-state index in [-0.39, 0.29) is 17.9 Å². The molecule has 1 N–H and O–H groups in total. The number of imidazole rings is 1. The second-order valence-corrected chi connectivity index (χ2v) is 8.24. The number of amides is 2. The van der Waals surface area contributed by atoms with Gasteiger partial charge in [-0.15, -0.1) is 0 Å². The number of benzene rings is 2. The minimum Gasteiger partial charge on any atom is -0.497 e. The molecule has 0 spiro atoms. The molecule has 174 valence electrons. The summed E-state index contributed by atoms with van der Waals surface area (Å²) in [5, 5.41) is 2.82. The summed E-state index contributed by atoms with van der Waals surface area (Å²) in [5.41, 5.74) is 3.39. The molecule has 1 aliphatic rings. The van der Waals surface area contributed by atoms with Crippen molar-refractivity contribution >= 4 is 28.5 Å². The van der Waals surface area contributed by atoms with Gasteiger partial charge < -0.3 is 24.3 Å². The largest absolute Gasteiger partial charge is 0.497 e. The number of carbonyl (C=O) groups is 2. The fraction of sp³-hybridized carbons (Fsp3) is 0.400. The van der Waals surface area contributed by atoms with Crippen LogP contribution in [0.15, 0.2) is 36.4 Å². The van der Waals surface area contributed by atoms with Crippen LogP contribution in [0.3, 0.4) is 0 Å². The van der Waals surface area contributed by atoms with Crippen LogP contribution in [-0.2, 0) is 16.1 Å². The van der Waals surface area contributed by atoms with Crippen molar-refractivity contribution in [1.82, 2.24) is 14.5 Å². The number of carbonyl (C=O) groups excluding carboxylic acids is 2. The van der Waals surface area contributed by atoms with Gasteiger partial charge in [0.25, 0.3) is 5.91 Å². The highest BCUT2D eigenvalue weighted by atomic mass is 16.5. The van der Waals surface area contributed by atoms with Gasteiger partial charge in [-0.05, 0) is 44.0 Å². The monoisotopic (exact) mass is 450 g/mol. The van der Waals surface area contributed by atoms with E-state index < -0.39 is 0 Å². The Morgan fingerprint density at radius 3 is 2.73 bits per heavy atom. The summed E-state index contributed by atoms with van der Waals surface area (Å²) in [7, 11) is 3.31. The quantitative estimate of drug-likeness (QED) is 0.615. The lowest BCUT2D eigenvalue weighted by molar-refractivity contribution is -0.114. The van der Waals surface area contributed by atoms with Crippen molar-refractivity contribution in [1.29, 1.82) is 0 Å². The number of fused-ring (bicyclic) bond motifs is 1. The zero-order valence-corrected chi connectivity index (χ0v) is 19.6. The summed E-state index contributed by atoms with van der Waals surface area (Å²) in [5.74, 6) is 1.19. The third-order valence-corrected chi connectivity index (χ3v) is 6.04. The van der Waals surface area contributed by atoms with E-state index in [1.54, 1.807) is 20.3 Å². The SMILES string of the molecule is CCn1c(-c2cccc(OC)c2)nc2cc(NC(C)=O)cc(C(=O)N3CCCC(OC)C3)c21. The molecule has 4 rings (SSSR count). The topological polar surface area (TPSA) is 85.7 Å². The van der Waals surface area contributed by atoms with E-state index >= 15 is 0 Å². The molecule has 0 aliphatic carbocycles. The smallest absolute Gasteiger partial charge is 0.256 e. The van der Waals surface area contributed by atoms with Crippen LogP contribution < -0.4 is 10.1 Å². The Bertz CT molecular complexity index is 1190. The van der Waals surface area contributed by atoms with Gasteiger partial charge in [0, 0.05) is 44.9 Å². The predicted octanol–water partition coefficient (Wildman–Crippen LogP) is 3.94. The van der Waals surface area contributed by atoms with E-state index in [9.17, 15) is 9.59 Å². The Balaban J connectivity index is 1.89.